The topological polar surface area (TPSA) is 99.9 Å². The third-order valence-electron chi connectivity index (χ3n) is 8.44. The minimum atomic E-state index is -0.472. The lowest BCUT2D eigenvalue weighted by atomic mass is 9.83. The molecule has 0 aliphatic carbocycles. The normalized spacial score (nSPS) is 18.4. The molecule has 3 atom stereocenters. The zero-order valence-electron chi connectivity index (χ0n) is 25.5. The molecule has 0 unspecified atom stereocenters. The molecule has 1 aliphatic heterocycles. The minimum Gasteiger partial charge on any atom is -0.487 e. The first kappa shape index (κ1) is 32.0. The Kier molecular flexibility index (Phi) is 12.4. The second kappa shape index (κ2) is 14.8. The van der Waals surface area contributed by atoms with E-state index in [9.17, 15) is 4.79 Å². The van der Waals surface area contributed by atoms with Crippen LogP contribution in [0.15, 0.2) is 4.99 Å². The van der Waals surface area contributed by atoms with E-state index >= 15 is 0 Å². The summed E-state index contributed by atoms with van der Waals surface area (Å²) < 4.78 is 12.4. The molecule has 0 radical (unpaired) electrons. The van der Waals surface area contributed by atoms with Crippen LogP contribution in [-0.2, 0) is 11.2 Å². The molecule has 38 heavy (non-hydrogen) atoms. The van der Waals surface area contributed by atoms with E-state index in [0.717, 1.165) is 65.0 Å². The zero-order valence-corrected chi connectivity index (χ0v) is 25.5. The summed E-state index contributed by atoms with van der Waals surface area (Å²) in [6.07, 6.45) is 13.6. The van der Waals surface area contributed by atoms with E-state index in [0.29, 0.717) is 5.75 Å². The number of ether oxygens (including phenoxy) is 2. The van der Waals surface area contributed by atoms with Crippen LogP contribution < -0.4 is 20.9 Å². The van der Waals surface area contributed by atoms with E-state index < -0.39 is 5.97 Å². The van der Waals surface area contributed by atoms with Gasteiger partial charge in [0.1, 0.15) is 23.6 Å². The standard InChI is InChI=1S/C32H55N3O3/c1-21(2)12-9-13-22(3)14-10-15-23(4)16-11-18-32(8)19-17-27-26(7)29(24(5)25(6)30(27)38-32)37-28(36)20-35-31(33)34/h21-23H,9-20H2,1-8H3,(H4,33,34,35)/t22-,23-,32-/m1/s1. The molecule has 0 bridgehead atoms. The van der Waals surface area contributed by atoms with Gasteiger partial charge in [-0.25, -0.2) is 9.79 Å². The Morgan fingerprint density at radius 1 is 0.921 bits per heavy atom. The van der Waals surface area contributed by atoms with E-state index in [-0.39, 0.29) is 18.1 Å². The molecule has 2 rings (SSSR count). The van der Waals surface area contributed by atoms with E-state index in [4.69, 9.17) is 20.9 Å². The van der Waals surface area contributed by atoms with E-state index in [2.05, 4.69) is 46.5 Å². The first-order valence-electron chi connectivity index (χ1n) is 14.9. The summed E-state index contributed by atoms with van der Waals surface area (Å²) in [7, 11) is 0. The van der Waals surface area contributed by atoms with Crippen molar-refractivity contribution in [3.8, 4) is 11.5 Å². The molecule has 0 saturated heterocycles. The molecule has 1 aromatic carbocycles. The highest BCUT2D eigenvalue weighted by Crippen LogP contribution is 2.45. The number of carbonyl (C=O) groups excluding carboxylic acids is 1. The monoisotopic (exact) mass is 529 g/mol. The first-order valence-corrected chi connectivity index (χ1v) is 14.9. The Morgan fingerprint density at radius 2 is 1.50 bits per heavy atom. The summed E-state index contributed by atoms with van der Waals surface area (Å²) in [5.41, 5.74) is 14.6. The highest BCUT2D eigenvalue weighted by atomic mass is 16.5. The number of benzene rings is 1. The summed E-state index contributed by atoms with van der Waals surface area (Å²) in [6.45, 7) is 17.6. The molecule has 216 valence electrons. The third kappa shape index (κ3) is 9.81. The van der Waals surface area contributed by atoms with E-state index in [1.165, 1.54) is 51.4 Å². The van der Waals surface area contributed by atoms with Gasteiger partial charge < -0.3 is 20.9 Å². The number of esters is 1. The van der Waals surface area contributed by atoms with Crippen LogP contribution in [-0.4, -0.2) is 24.1 Å². The van der Waals surface area contributed by atoms with Crippen molar-refractivity contribution in [1.82, 2.24) is 0 Å². The number of rotatable bonds is 15. The molecule has 6 heteroatoms. The van der Waals surface area contributed by atoms with Crippen LogP contribution in [0.4, 0.5) is 0 Å². The number of guanidine groups is 1. The lowest BCUT2D eigenvalue weighted by Gasteiger charge is -2.38. The van der Waals surface area contributed by atoms with Crippen LogP contribution >= 0.6 is 0 Å². The van der Waals surface area contributed by atoms with Crippen molar-refractivity contribution in [3.05, 3.63) is 22.3 Å². The molecule has 1 heterocycles. The smallest absolute Gasteiger partial charge is 0.333 e. The fourth-order valence-electron chi connectivity index (χ4n) is 5.72. The van der Waals surface area contributed by atoms with Crippen molar-refractivity contribution in [1.29, 1.82) is 0 Å². The number of aliphatic imine (C=N–C) groups is 1. The molecule has 6 nitrogen and oxygen atoms in total. The van der Waals surface area contributed by atoms with Gasteiger partial charge in [0.2, 0.25) is 0 Å². The van der Waals surface area contributed by atoms with Crippen LogP contribution in [0.2, 0.25) is 0 Å². The molecule has 0 spiro atoms. The van der Waals surface area contributed by atoms with Crippen molar-refractivity contribution in [3.63, 3.8) is 0 Å². The summed E-state index contributed by atoms with van der Waals surface area (Å²) >= 11 is 0. The number of hydrogen-bond acceptors (Lipinski definition) is 4. The average molecular weight is 530 g/mol. The van der Waals surface area contributed by atoms with Gasteiger partial charge in [-0.15, -0.1) is 0 Å². The molecule has 0 aromatic heterocycles. The second-order valence-corrected chi connectivity index (χ2v) is 12.6. The lowest BCUT2D eigenvalue weighted by Crippen LogP contribution is -2.37. The molecular formula is C32H55N3O3. The number of carbonyl (C=O) groups is 1. The van der Waals surface area contributed by atoms with E-state index in [1.54, 1.807) is 0 Å². The summed E-state index contributed by atoms with van der Waals surface area (Å²) in [5, 5.41) is 0. The van der Waals surface area contributed by atoms with Gasteiger partial charge in [-0.05, 0) is 87.8 Å². The minimum absolute atomic E-state index is 0.124. The maximum atomic E-state index is 12.3. The van der Waals surface area contributed by atoms with Crippen LogP contribution in [0.1, 0.15) is 121 Å². The average Bonchev–Trinajstić information content (AvgIpc) is 2.83. The molecule has 1 aliphatic rings. The van der Waals surface area contributed by atoms with Gasteiger partial charge in [-0.2, -0.15) is 0 Å². The van der Waals surface area contributed by atoms with Gasteiger partial charge in [-0.1, -0.05) is 72.6 Å². The van der Waals surface area contributed by atoms with Gasteiger partial charge >= 0.3 is 5.97 Å². The van der Waals surface area contributed by atoms with Crippen molar-refractivity contribution in [2.45, 2.75) is 132 Å². The number of nitrogens with zero attached hydrogens (tertiary/aromatic N) is 1. The van der Waals surface area contributed by atoms with Crippen LogP contribution in [0.25, 0.3) is 0 Å². The quantitative estimate of drug-likeness (QED) is 0.107. The maximum Gasteiger partial charge on any atom is 0.333 e. The van der Waals surface area contributed by atoms with Crippen molar-refractivity contribution >= 4 is 11.9 Å². The summed E-state index contributed by atoms with van der Waals surface area (Å²) in [5.74, 6) is 3.42. The molecule has 1 aromatic rings. The SMILES string of the molecule is Cc1c(C)c2c(c(C)c1OC(=O)CN=C(N)N)CC[C@@](C)(CCC[C@H](C)CCC[C@H](C)CCCC(C)C)O2. The lowest BCUT2D eigenvalue weighted by molar-refractivity contribution is -0.132. The maximum absolute atomic E-state index is 12.3. The second-order valence-electron chi connectivity index (χ2n) is 12.6. The first-order chi connectivity index (χ1) is 17.8. The Morgan fingerprint density at radius 3 is 2.08 bits per heavy atom. The highest BCUT2D eigenvalue weighted by Gasteiger charge is 2.34. The largest absolute Gasteiger partial charge is 0.487 e. The zero-order chi connectivity index (χ0) is 28.5. The number of hydrogen-bond donors (Lipinski definition) is 2. The van der Waals surface area contributed by atoms with Crippen molar-refractivity contribution < 1.29 is 14.3 Å². The number of fused-ring (bicyclic) bond motifs is 1. The Balaban J connectivity index is 1.88. The molecular weight excluding hydrogens is 474 g/mol. The molecule has 4 N–H and O–H groups in total. The Labute approximate surface area is 232 Å². The fourth-order valence-corrected chi connectivity index (χ4v) is 5.72. The molecule has 0 saturated carbocycles. The van der Waals surface area contributed by atoms with Crippen LogP contribution in [0.3, 0.4) is 0 Å². The number of nitrogens with two attached hydrogens (primary N) is 2. The predicted molar refractivity (Wildman–Crippen MR) is 159 cm³/mol. The van der Waals surface area contributed by atoms with Gasteiger partial charge in [0, 0.05) is 5.56 Å². The fraction of sp³-hybridized carbons (Fsp3) is 0.750. The Hall–Kier alpha value is -2.24. The highest BCUT2D eigenvalue weighted by molar-refractivity contribution is 5.81. The van der Waals surface area contributed by atoms with Gasteiger partial charge in [0.05, 0.1) is 0 Å². The molecule has 0 fully saturated rings. The van der Waals surface area contributed by atoms with Gasteiger partial charge in [-0.3, -0.25) is 0 Å². The van der Waals surface area contributed by atoms with Crippen LogP contribution in [0.5, 0.6) is 11.5 Å². The van der Waals surface area contributed by atoms with Crippen molar-refractivity contribution in [2.75, 3.05) is 6.54 Å². The van der Waals surface area contributed by atoms with Crippen LogP contribution in [0, 0.1) is 38.5 Å². The van der Waals surface area contributed by atoms with Gasteiger partial charge in [0.15, 0.2) is 5.96 Å². The Bertz CT molecular complexity index is 952. The third-order valence-corrected chi connectivity index (χ3v) is 8.44. The summed E-state index contributed by atoms with van der Waals surface area (Å²) in [6, 6.07) is 0. The predicted octanol–water partition coefficient (Wildman–Crippen LogP) is 7.31. The van der Waals surface area contributed by atoms with E-state index in [1.807, 2.05) is 13.8 Å². The molecule has 0 amide bonds. The van der Waals surface area contributed by atoms with Crippen molar-refractivity contribution in [2.24, 2.45) is 34.2 Å². The van der Waals surface area contributed by atoms with Gasteiger partial charge in [0.25, 0.3) is 0 Å². The summed E-state index contributed by atoms with van der Waals surface area (Å²) in [4.78, 5) is 16.0.